The number of aromatic nitrogens is 2. The Hall–Kier alpha value is -1.08. The molecule has 2 rings (SSSR count). The Morgan fingerprint density at radius 2 is 2.53 bits per heavy atom. The summed E-state index contributed by atoms with van der Waals surface area (Å²) in [5.74, 6) is 2.30. The van der Waals surface area contributed by atoms with Crippen molar-refractivity contribution < 1.29 is 9.32 Å². The minimum Gasteiger partial charge on any atom is -0.346 e. The molecule has 1 amide bonds. The van der Waals surface area contributed by atoms with Crippen molar-refractivity contribution in [2.75, 3.05) is 18.1 Å². The van der Waals surface area contributed by atoms with E-state index in [0.717, 1.165) is 30.9 Å². The van der Waals surface area contributed by atoms with Crippen molar-refractivity contribution in [3.8, 4) is 0 Å². The van der Waals surface area contributed by atoms with Gasteiger partial charge in [-0.05, 0) is 32.1 Å². The largest absolute Gasteiger partial charge is 0.346 e. The van der Waals surface area contributed by atoms with Crippen molar-refractivity contribution in [1.29, 1.82) is 0 Å². The second-order valence-corrected chi connectivity index (χ2v) is 5.96. The second kappa shape index (κ2) is 6.91. The molecule has 19 heavy (non-hydrogen) atoms. The molecule has 0 aromatic carbocycles. The zero-order valence-electron chi connectivity index (χ0n) is 11.3. The van der Waals surface area contributed by atoms with Crippen LogP contribution in [0.15, 0.2) is 4.52 Å². The fourth-order valence-electron chi connectivity index (χ4n) is 1.99. The first-order valence-corrected chi connectivity index (χ1v) is 7.81. The number of thioether (sulfide) groups is 1. The van der Waals surface area contributed by atoms with Crippen LogP contribution in [-0.2, 0) is 0 Å². The molecule has 1 aromatic rings. The topological polar surface area (TPSA) is 80.0 Å². The molecule has 106 valence electrons. The molecule has 0 spiro atoms. The third-order valence-corrected chi connectivity index (χ3v) is 4.10. The summed E-state index contributed by atoms with van der Waals surface area (Å²) in [5, 5.41) is 9.88. The van der Waals surface area contributed by atoms with Gasteiger partial charge in [0.2, 0.25) is 5.89 Å². The van der Waals surface area contributed by atoms with Crippen LogP contribution in [0.3, 0.4) is 0 Å². The average molecular weight is 284 g/mol. The molecular formula is C12H20N4O2S. The standard InChI is InChI=1S/C12H20N4O2S/c1-3-19-7-8(2)14-11(17)10-15-12(18-16-10)9-5-4-6-13-9/h8-9,13H,3-7H2,1-2H3,(H,14,17). The summed E-state index contributed by atoms with van der Waals surface area (Å²) >= 11 is 1.79. The molecule has 0 bridgehead atoms. The molecule has 6 nitrogen and oxygen atoms in total. The minimum absolute atomic E-state index is 0.0992. The molecule has 2 heterocycles. The zero-order chi connectivity index (χ0) is 13.7. The van der Waals surface area contributed by atoms with Gasteiger partial charge in [0, 0.05) is 11.8 Å². The molecule has 0 saturated carbocycles. The van der Waals surface area contributed by atoms with Gasteiger partial charge in [-0.1, -0.05) is 12.1 Å². The lowest BCUT2D eigenvalue weighted by Crippen LogP contribution is -2.35. The predicted molar refractivity (Wildman–Crippen MR) is 74.2 cm³/mol. The van der Waals surface area contributed by atoms with E-state index in [1.165, 1.54) is 0 Å². The van der Waals surface area contributed by atoms with E-state index >= 15 is 0 Å². The fraction of sp³-hybridized carbons (Fsp3) is 0.750. The number of carbonyl (C=O) groups is 1. The molecule has 1 aliphatic rings. The van der Waals surface area contributed by atoms with Crippen LogP contribution in [0.1, 0.15) is 49.2 Å². The summed E-state index contributed by atoms with van der Waals surface area (Å²) in [6, 6.07) is 0.200. The molecule has 0 aliphatic carbocycles. The van der Waals surface area contributed by atoms with E-state index in [0.29, 0.717) is 5.89 Å². The van der Waals surface area contributed by atoms with Gasteiger partial charge in [-0.15, -0.1) is 0 Å². The van der Waals surface area contributed by atoms with Gasteiger partial charge >= 0.3 is 0 Å². The van der Waals surface area contributed by atoms with E-state index in [1.54, 1.807) is 11.8 Å². The fourth-order valence-corrected chi connectivity index (χ4v) is 2.66. The van der Waals surface area contributed by atoms with Gasteiger partial charge in [-0.2, -0.15) is 16.7 Å². The Bertz CT molecular complexity index is 418. The summed E-state index contributed by atoms with van der Waals surface area (Å²) in [5.41, 5.74) is 0. The summed E-state index contributed by atoms with van der Waals surface area (Å²) in [6.45, 7) is 5.03. The van der Waals surface area contributed by atoms with E-state index in [2.05, 4.69) is 27.7 Å². The Morgan fingerprint density at radius 1 is 1.68 bits per heavy atom. The normalized spacial score (nSPS) is 20.4. The molecule has 2 atom stereocenters. The molecule has 7 heteroatoms. The van der Waals surface area contributed by atoms with E-state index in [9.17, 15) is 4.79 Å². The highest BCUT2D eigenvalue weighted by molar-refractivity contribution is 7.99. The summed E-state index contributed by atoms with van der Waals surface area (Å²) in [4.78, 5) is 16.1. The maximum atomic E-state index is 11.9. The van der Waals surface area contributed by atoms with Crippen molar-refractivity contribution >= 4 is 17.7 Å². The van der Waals surface area contributed by atoms with Crippen LogP contribution in [-0.4, -0.2) is 40.1 Å². The number of hydrogen-bond acceptors (Lipinski definition) is 6. The highest BCUT2D eigenvalue weighted by Crippen LogP contribution is 2.20. The van der Waals surface area contributed by atoms with E-state index in [-0.39, 0.29) is 23.8 Å². The molecule has 0 radical (unpaired) electrons. The predicted octanol–water partition coefficient (Wildman–Crippen LogP) is 1.37. The van der Waals surface area contributed by atoms with E-state index < -0.39 is 0 Å². The van der Waals surface area contributed by atoms with Gasteiger partial charge in [-0.25, -0.2) is 0 Å². The highest BCUT2D eigenvalue weighted by atomic mass is 32.2. The number of nitrogens with zero attached hydrogens (tertiary/aromatic N) is 2. The lowest BCUT2D eigenvalue weighted by molar-refractivity contribution is 0.0930. The lowest BCUT2D eigenvalue weighted by Gasteiger charge is -2.10. The summed E-state index contributed by atoms with van der Waals surface area (Å²) in [7, 11) is 0. The molecular weight excluding hydrogens is 264 g/mol. The number of rotatable bonds is 6. The SMILES string of the molecule is CCSCC(C)NC(=O)c1noc(C2CCCN2)n1. The van der Waals surface area contributed by atoms with E-state index in [1.807, 2.05) is 6.92 Å². The van der Waals surface area contributed by atoms with Crippen LogP contribution in [0.4, 0.5) is 0 Å². The highest BCUT2D eigenvalue weighted by Gasteiger charge is 2.24. The van der Waals surface area contributed by atoms with Gasteiger partial charge in [-0.3, -0.25) is 4.79 Å². The monoisotopic (exact) mass is 284 g/mol. The lowest BCUT2D eigenvalue weighted by atomic mass is 10.2. The first-order chi connectivity index (χ1) is 9.20. The number of hydrogen-bond donors (Lipinski definition) is 2. The molecule has 1 aliphatic heterocycles. The Balaban J connectivity index is 1.88. The van der Waals surface area contributed by atoms with Gasteiger partial charge in [0.1, 0.15) is 0 Å². The first kappa shape index (κ1) is 14.3. The van der Waals surface area contributed by atoms with Crippen LogP contribution in [0.2, 0.25) is 0 Å². The van der Waals surface area contributed by atoms with Crippen molar-refractivity contribution in [2.45, 2.75) is 38.8 Å². The van der Waals surface area contributed by atoms with Crippen LogP contribution < -0.4 is 10.6 Å². The number of nitrogens with one attached hydrogen (secondary N) is 2. The molecule has 2 unspecified atom stereocenters. The first-order valence-electron chi connectivity index (χ1n) is 6.66. The van der Waals surface area contributed by atoms with Crippen LogP contribution >= 0.6 is 11.8 Å². The third kappa shape index (κ3) is 3.94. The van der Waals surface area contributed by atoms with Crippen molar-refractivity contribution in [3.63, 3.8) is 0 Å². The van der Waals surface area contributed by atoms with Crippen LogP contribution in [0, 0.1) is 0 Å². The van der Waals surface area contributed by atoms with Gasteiger partial charge < -0.3 is 15.2 Å². The smallest absolute Gasteiger partial charge is 0.292 e. The van der Waals surface area contributed by atoms with Crippen molar-refractivity contribution in [2.24, 2.45) is 0 Å². The van der Waals surface area contributed by atoms with Crippen molar-refractivity contribution in [3.05, 3.63) is 11.7 Å². The second-order valence-electron chi connectivity index (χ2n) is 4.64. The van der Waals surface area contributed by atoms with Gasteiger partial charge in [0.25, 0.3) is 11.7 Å². The molecule has 1 fully saturated rings. The van der Waals surface area contributed by atoms with Crippen molar-refractivity contribution in [1.82, 2.24) is 20.8 Å². The maximum absolute atomic E-state index is 11.9. The molecule has 1 aromatic heterocycles. The summed E-state index contributed by atoms with van der Waals surface area (Å²) in [6.07, 6.45) is 2.08. The summed E-state index contributed by atoms with van der Waals surface area (Å²) < 4.78 is 5.14. The minimum atomic E-state index is -0.266. The zero-order valence-corrected chi connectivity index (χ0v) is 12.1. The average Bonchev–Trinajstić information content (AvgIpc) is 3.05. The van der Waals surface area contributed by atoms with E-state index in [4.69, 9.17) is 4.52 Å². The van der Waals surface area contributed by atoms with Crippen LogP contribution in [0.5, 0.6) is 0 Å². The molecule has 2 N–H and O–H groups in total. The quantitative estimate of drug-likeness (QED) is 0.821. The Morgan fingerprint density at radius 3 is 3.21 bits per heavy atom. The van der Waals surface area contributed by atoms with Crippen LogP contribution in [0.25, 0.3) is 0 Å². The Labute approximate surface area is 117 Å². The molecule has 1 saturated heterocycles. The number of amides is 1. The number of carbonyl (C=O) groups excluding carboxylic acids is 1. The Kier molecular flexibility index (Phi) is 5.21. The van der Waals surface area contributed by atoms with Gasteiger partial charge in [0.05, 0.1) is 6.04 Å². The third-order valence-electron chi connectivity index (χ3n) is 2.95. The maximum Gasteiger partial charge on any atom is 0.292 e. The van der Waals surface area contributed by atoms with Gasteiger partial charge in [0.15, 0.2) is 0 Å².